The van der Waals surface area contributed by atoms with Crippen LogP contribution < -0.4 is 0 Å². The molecule has 0 aliphatic rings. The molecule has 98 valence electrons. The van der Waals surface area contributed by atoms with E-state index in [4.69, 9.17) is 23.2 Å². The van der Waals surface area contributed by atoms with E-state index < -0.39 is 12.0 Å². The fraction of sp³-hybridized carbons (Fsp3) is 0.333. The van der Waals surface area contributed by atoms with Crippen molar-refractivity contribution in [2.45, 2.75) is 19.9 Å². The number of likely N-dealkylation sites (N-methyl/N-ethyl adjacent to an activating group) is 1. The number of halogens is 2. The normalized spacial score (nSPS) is 12.0. The summed E-state index contributed by atoms with van der Waals surface area (Å²) in [7, 11) is 0. The number of benzene rings is 1. The molecule has 1 unspecified atom stereocenters. The average molecular weight is 290 g/mol. The van der Waals surface area contributed by atoms with Crippen LogP contribution in [0.1, 0.15) is 25.5 Å². The fourth-order valence-corrected chi connectivity index (χ4v) is 2.16. The van der Waals surface area contributed by atoms with Crippen LogP contribution in [-0.4, -0.2) is 28.4 Å². The number of aliphatic carboxylic acids is 1. The van der Waals surface area contributed by atoms with E-state index in [1.54, 1.807) is 25.1 Å². The molecule has 18 heavy (non-hydrogen) atoms. The molecule has 4 nitrogen and oxygen atoms in total. The lowest BCUT2D eigenvalue weighted by Gasteiger charge is -2.27. The Kier molecular flexibility index (Phi) is 4.99. The molecule has 0 saturated heterocycles. The average Bonchev–Trinajstić information content (AvgIpc) is 2.29. The molecule has 0 heterocycles. The summed E-state index contributed by atoms with van der Waals surface area (Å²) >= 11 is 11.9. The van der Waals surface area contributed by atoms with E-state index in [2.05, 4.69) is 0 Å². The molecular formula is C12H13Cl2NO3. The monoisotopic (exact) mass is 289 g/mol. The summed E-state index contributed by atoms with van der Waals surface area (Å²) in [6.07, 6.45) is 0. The summed E-state index contributed by atoms with van der Waals surface area (Å²) < 4.78 is 0. The molecule has 1 aromatic carbocycles. The lowest BCUT2D eigenvalue weighted by atomic mass is 10.1. The minimum Gasteiger partial charge on any atom is -0.479 e. The van der Waals surface area contributed by atoms with Crippen molar-refractivity contribution in [3.8, 4) is 0 Å². The first-order chi connectivity index (χ1) is 8.40. The van der Waals surface area contributed by atoms with Crippen molar-refractivity contribution in [3.63, 3.8) is 0 Å². The Bertz CT molecular complexity index is 476. The van der Waals surface area contributed by atoms with Gasteiger partial charge in [0.2, 0.25) is 5.91 Å². The molecule has 0 spiro atoms. The van der Waals surface area contributed by atoms with Crippen molar-refractivity contribution < 1.29 is 14.7 Å². The maximum atomic E-state index is 11.5. The molecule has 0 saturated carbocycles. The number of carbonyl (C=O) groups is 2. The van der Waals surface area contributed by atoms with Crippen molar-refractivity contribution in [2.24, 2.45) is 0 Å². The van der Waals surface area contributed by atoms with Gasteiger partial charge in [-0.05, 0) is 13.0 Å². The summed E-state index contributed by atoms with van der Waals surface area (Å²) in [5.41, 5.74) is 0.314. The first kappa shape index (κ1) is 14.8. The molecule has 1 rings (SSSR count). The van der Waals surface area contributed by atoms with Crippen LogP contribution in [0, 0.1) is 0 Å². The highest BCUT2D eigenvalue weighted by Gasteiger charge is 2.30. The molecule has 0 fully saturated rings. The lowest BCUT2D eigenvalue weighted by molar-refractivity contribution is -0.149. The molecule has 0 bridgehead atoms. The van der Waals surface area contributed by atoms with Gasteiger partial charge in [0.15, 0.2) is 6.04 Å². The summed E-state index contributed by atoms with van der Waals surface area (Å²) in [4.78, 5) is 24.1. The van der Waals surface area contributed by atoms with Gasteiger partial charge in [-0.2, -0.15) is 0 Å². The molecule has 0 aromatic heterocycles. The van der Waals surface area contributed by atoms with Gasteiger partial charge in [-0.15, -0.1) is 0 Å². The predicted molar refractivity (Wildman–Crippen MR) is 69.9 cm³/mol. The third kappa shape index (κ3) is 2.94. The van der Waals surface area contributed by atoms with Crippen molar-refractivity contribution in [1.82, 2.24) is 4.90 Å². The van der Waals surface area contributed by atoms with Gasteiger partial charge in [0.25, 0.3) is 0 Å². The van der Waals surface area contributed by atoms with Gasteiger partial charge < -0.3 is 10.0 Å². The van der Waals surface area contributed by atoms with E-state index >= 15 is 0 Å². The second-order valence-corrected chi connectivity index (χ2v) is 4.47. The highest BCUT2D eigenvalue weighted by molar-refractivity contribution is 6.42. The highest BCUT2D eigenvalue weighted by atomic mass is 35.5. The third-order valence-electron chi connectivity index (χ3n) is 2.57. The summed E-state index contributed by atoms with van der Waals surface area (Å²) in [5.74, 6) is -1.47. The number of carbonyl (C=O) groups excluding carboxylic acids is 1. The molecule has 1 atom stereocenters. The van der Waals surface area contributed by atoms with Crippen LogP contribution in [-0.2, 0) is 9.59 Å². The van der Waals surface area contributed by atoms with Crippen LogP contribution in [0.2, 0.25) is 10.0 Å². The zero-order valence-electron chi connectivity index (χ0n) is 9.98. The molecule has 0 aliphatic heterocycles. The Balaban J connectivity index is 3.32. The van der Waals surface area contributed by atoms with Gasteiger partial charge in [-0.3, -0.25) is 4.79 Å². The van der Waals surface area contributed by atoms with E-state index in [0.717, 1.165) is 0 Å². The molecule has 0 radical (unpaired) electrons. The standard InChI is InChI=1S/C12H13Cl2NO3/c1-3-15(7(2)16)11(12(17)18)8-5-4-6-9(13)10(8)14/h4-6,11H,3H2,1-2H3,(H,17,18). The van der Waals surface area contributed by atoms with Crippen LogP contribution in [0.5, 0.6) is 0 Å². The minimum atomic E-state index is -1.14. The van der Waals surface area contributed by atoms with Crippen LogP contribution >= 0.6 is 23.2 Å². The van der Waals surface area contributed by atoms with E-state index in [1.807, 2.05) is 0 Å². The van der Waals surface area contributed by atoms with E-state index in [1.165, 1.54) is 11.8 Å². The maximum Gasteiger partial charge on any atom is 0.331 e. The van der Waals surface area contributed by atoms with Gasteiger partial charge >= 0.3 is 5.97 Å². The second kappa shape index (κ2) is 6.07. The van der Waals surface area contributed by atoms with Crippen LogP contribution in [0.25, 0.3) is 0 Å². The van der Waals surface area contributed by atoms with E-state index in [9.17, 15) is 14.7 Å². The van der Waals surface area contributed by atoms with Crippen molar-refractivity contribution in [1.29, 1.82) is 0 Å². The second-order valence-electron chi connectivity index (χ2n) is 3.69. The number of nitrogens with zero attached hydrogens (tertiary/aromatic N) is 1. The van der Waals surface area contributed by atoms with Gasteiger partial charge in [0.1, 0.15) is 0 Å². The summed E-state index contributed by atoms with van der Waals surface area (Å²) in [6, 6.07) is 3.60. The van der Waals surface area contributed by atoms with Crippen molar-refractivity contribution in [2.75, 3.05) is 6.54 Å². The Morgan fingerprint density at radius 2 is 2.00 bits per heavy atom. The molecule has 6 heteroatoms. The Hall–Kier alpha value is -1.26. The van der Waals surface area contributed by atoms with Crippen LogP contribution in [0.15, 0.2) is 18.2 Å². The minimum absolute atomic E-state index is 0.159. The van der Waals surface area contributed by atoms with Gasteiger partial charge in [-0.1, -0.05) is 35.3 Å². The third-order valence-corrected chi connectivity index (χ3v) is 3.40. The first-order valence-electron chi connectivity index (χ1n) is 5.34. The molecule has 1 amide bonds. The molecular weight excluding hydrogens is 277 g/mol. The number of rotatable bonds is 4. The first-order valence-corrected chi connectivity index (χ1v) is 6.09. The zero-order valence-corrected chi connectivity index (χ0v) is 11.5. The largest absolute Gasteiger partial charge is 0.479 e. The molecule has 1 aromatic rings. The number of carboxylic acid groups (broad SMARTS) is 1. The smallest absolute Gasteiger partial charge is 0.331 e. The maximum absolute atomic E-state index is 11.5. The van der Waals surface area contributed by atoms with Crippen LogP contribution in [0.4, 0.5) is 0 Å². The Labute approximate surface area is 115 Å². The molecule has 0 aliphatic carbocycles. The van der Waals surface area contributed by atoms with Crippen molar-refractivity contribution in [3.05, 3.63) is 33.8 Å². The molecule has 1 N–H and O–H groups in total. The van der Waals surface area contributed by atoms with Crippen molar-refractivity contribution >= 4 is 35.1 Å². The van der Waals surface area contributed by atoms with E-state index in [0.29, 0.717) is 5.56 Å². The zero-order chi connectivity index (χ0) is 13.9. The predicted octanol–water partition coefficient (Wildman–Crippen LogP) is 2.99. The number of hydrogen-bond acceptors (Lipinski definition) is 2. The van der Waals surface area contributed by atoms with Crippen LogP contribution in [0.3, 0.4) is 0 Å². The quantitative estimate of drug-likeness (QED) is 0.927. The summed E-state index contributed by atoms with van der Waals surface area (Å²) in [6.45, 7) is 3.29. The summed E-state index contributed by atoms with van der Waals surface area (Å²) in [5, 5.41) is 9.72. The Morgan fingerprint density at radius 1 is 1.39 bits per heavy atom. The van der Waals surface area contributed by atoms with Gasteiger partial charge in [0, 0.05) is 19.0 Å². The number of carboxylic acids is 1. The topological polar surface area (TPSA) is 57.6 Å². The Morgan fingerprint density at radius 3 is 2.44 bits per heavy atom. The fourth-order valence-electron chi connectivity index (χ4n) is 1.75. The van der Waals surface area contributed by atoms with Gasteiger partial charge in [0.05, 0.1) is 10.0 Å². The lowest BCUT2D eigenvalue weighted by Crippen LogP contribution is -2.37. The van der Waals surface area contributed by atoms with E-state index in [-0.39, 0.29) is 22.5 Å². The SMILES string of the molecule is CCN(C(C)=O)C(C(=O)O)c1cccc(Cl)c1Cl. The number of amides is 1. The number of hydrogen-bond donors (Lipinski definition) is 1. The highest BCUT2D eigenvalue weighted by Crippen LogP contribution is 2.33. The van der Waals surface area contributed by atoms with Gasteiger partial charge in [-0.25, -0.2) is 4.79 Å².